The molecule has 0 aliphatic rings. The molecule has 0 radical (unpaired) electrons. The second-order valence-electron chi connectivity index (χ2n) is 5.27. The molecule has 0 heterocycles. The first-order chi connectivity index (χ1) is 12.3. The number of ether oxygens (including phenoxy) is 4. The first kappa shape index (κ1) is 22.3. The Kier molecular flexibility index (Phi) is 9.46. The Morgan fingerprint density at radius 2 is 1.23 bits per heavy atom. The summed E-state index contributed by atoms with van der Waals surface area (Å²) in [6.07, 6.45) is -0.353. The number of benzene rings is 1. The van der Waals surface area contributed by atoms with Crippen LogP contribution in [0.25, 0.3) is 0 Å². The molecule has 5 nitrogen and oxygen atoms in total. The van der Waals surface area contributed by atoms with Crippen molar-refractivity contribution in [1.29, 1.82) is 0 Å². The molecule has 0 N–H and O–H groups in total. The summed E-state index contributed by atoms with van der Waals surface area (Å²) in [6, 6.07) is 0. The van der Waals surface area contributed by atoms with Crippen LogP contribution < -0.4 is 4.74 Å². The molecule has 26 heavy (non-hydrogen) atoms. The van der Waals surface area contributed by atoms with Gasteiger partial charge in [-0.25, -0.2) is 13.2 Å². The van der Waals surface area contributed by atoms with E-state index >= 15 is 0 Å². The fourth-order valence-corrected chi connectivity index (χ4v) is 1.66. The van der Waals surface area contributed by atoms with Crippen molar-refractivity contribution in [3.63, 3.8) is 0 Å². The fraction of sp³-hybridized carbons (Fsp3) is 0.562. The molecule has 1 aromatic rings. The maximum absolute atomic E-state index is 13.3. The van der Waals surface area contributed by atoms with Gasteiger partial charge in [-0.05, 0) is 13.8 Å². The zero-order valence-electron chi connectivity index (χ0n) is 14.3. The fourth-order valence-electron chi connectivity index (χ4n) is 1.66. The van der Waals surface area contributed by atoms with Gasteiger partial charge in [0.15, 0.2) is 0 Å². The highest BCUT2D eigenvalue weighted by molar-refractivity contribution is 5.72. The highest BCUT2D eigenvalue weighted by atomic mass is 19.2. The largest absolute Gasteiger partial charge is 0.420 e. The van der Waals surface area contributed by atoms with Gasteiger partial charge in [0.05, 0.1) is 45.6 Å². The van der Waals surface area contributed by atoms with Crippen molar-refractivity contribution in [2.45, 2.75) is 26.4 Å². The second-order valence-corrected chi connectivity index (χ2v) is 5.27. The van der Waals surface area contributed by atoms with Crippen LogP contribution in [-0.2, 0) is 19.0 Å². The van der Waals surface area contributed by atoms with E-state index in [0.29, 0.717) is 13.2 Å². The molecule has 1 aromatic carbocycles. The molecular weight excluding hydrogens is 367 g/mol. The van der Waals surface area contributed by atoms with E-state index in [4.69, 9.17) is 14.2 Å². The molecule has 10 heteroatoms. The van der Waals surface area contributed by atoms with Crippen molar-refractivity contribution in [2.75, 3.05) is 33.0 Å². The molecule has 0 fully saturated rings. The summed E-state index contributed by atoms with van der Waals surface area (Å²) in [5.41, 5.74) is 0. The number of halogens is 5. The van der Waals surface area contributed by atoms with Crippen molar-refractivity contribution in [3.8, 4) is 5.75 Å². The molecule has 0 saturated carbocycles. The van der Waals surface area contributed by atoms with Crippen LogP contribution in [0.2, 0.25) is 0 Å². The van der Waals surface area contributed by atoms with Crippen molar-refractivity contribution in [2.24, 2.45) is 0 Å². The minimum atomic E-state index is -2.33. The highest BCUT2D eigenvalue weighted by Crippen LogP contribution is 2.29. The van der Waals surface area contributed by atoms with Crippen LogP contribution in [0.1, 0.15) is 20.3 Å². The number of esters is 1. The molecular formula is C16H19F5O5. The van der Waals surface area contributed by atoms with E-state index in [1.54, 1.807) is 0 Å². The zero-order valence-corrected chi connectivity index (χ0v) is 14.3. The van der Waals surface area contributed by atoms with E-state index in [9.17, 15) is 26.7 Å². The first-order valence-electron chi connectivity index (χ1n) is 7.74. The second kappa shape index (κ2) is 11.0. The Morgan fingerprint density at radius 3 is 1.77 bits per heavy atom. The number of carbonyl (C=O) groups is 1. The maximum atomic E-state index is 13.3. The monoisotopic (exact) mass is 386 g/mol. The van der Waals surface area contributed by atoms with Gasteiger partial charge in [-0.15, -0.1) is 0 Å². The molecule has 0 bridgehead atoms. The van der Waals surface area contributed by atoms with Crippen LogP contribution >= 0.6 is 0 Å². The summed E-state index contributed by atoms with van der Waals surface area (Å²) in [5, 5.41) is 0. The van der Waals surface area contributed by atoms with E-state index < -0.39 is 47.2 Å². The molecule has 0 saturated heterocycles. The van der Waals surface area contributed by atoms with Crippen LogP contribution in [0.3, 0.4) is 0 Å². The van der Waals surface area contributed by atoms with Crippen LogP contribution in [-0.4, -0.2) is 45.1 Å². The van der Waals surface area contributed by atoms with Crippen molar-refractivity contribution >= 4 is 5.97 Å². The first-order valence-corrected chi connectivity index (χ1v) is 7.74. The molecule has 0 amide bonds. The zero-order chi connectivity index (χ0) is 19.7. The molecule has 0 aliphatic heterocycles. The maximum Gasteiger partial charge on any atom is 0.313 e. The molecule has 0 aliphatic carbocycles. The van der Waals surface area contributed by atoms with Gasteiger partial charge < -0.3 is 18.9 Å². The van der Waals surface area contributed by atoms with E-state index in [0.717, 1.165) is 0 Å². The summed E-state index contributed by atoms with van der Waals surface area (Å²) in [4.78, 5) is 11.4. The van der Waals surface area contributed by atoms with Gasteiger partial charge in [0.2, 0.25) is 34.8 Å². The average molecular weight is 386 g/mol. The smallest absolute Gasteiger partial charge is 0.313 e. The summed E-state index contributed by atoms with van der Waals surface area (Å²) < 4.78 is 85.2. The minimum absolute atomic E-state index is 0.0959. The standard InChI is InChI=1S/C16H19F5O5/c1-9(2)25-8-7-24-6-5-23-4-3-10(22)26-16-14(20)12(18)11(17)13(19)15(16)21/h9H,3-8H2,1-2H3. The molecule has 148 valence electrons. The lowest BCUT2D eigenvalue weighted by molar-refractivity contribution is -0.136. The number of hydrogen-bond acceptors (Lipinski definition) is 5. The Hall–Kier alpha value is -1.78. The summed E-state index contributed by atoms with van der Waals surface area (Å²) >= 11 is 0. The summed E-state index contributed by atoms with van der Waals surface area (Å²) in [5.74, 6) is -14.0. The van der Waals surface area contributed by atoms with E-state index in [1.807, 2.05) is 13.8 Å². The van der Waals surface area contributed by atoms with Gasteiger partial charge in [0, 0.05) is 0 Å². The Bertz CT molecular complexity index is 580. The third-order valence-electron chi connectivity index (χ3n) is 2.89. The third kappa shape index (κ3) is 6.85. The van der Waals surface area contributed by atoms with Gasteiger partial charge in [0.25, 0.3) is 0 Å². The lowest BCUT2D eigenvalue weighted by Gasteiger charge is -2.09. The van der Waals surface area contributed by atoms with Crippen molar-refractivity contribution in [1.82, 2.24) is 0 Å². The predicted molar refractivity (Wildman–Crippen MR) is 79.2 cm³/mol. The van der Waals surface area contributed by atoms with Gasteiger partial charge in [-0.3, -0.25) is 4.79 Å². The van der Waals surface area contributed by atoms with E-state index in [-0.39, 0.29) is 25.9 Å². The lowest BCUT2D eigenvalue weighted by atomic mass is 10.2. The van der Waals surface area contributed by atoms with Crippen LogP contribution in [0.4, 0.5) is 22.0 Å². The molecule has 0 atom stereocenters. The van der Waals surface area contributed by atoms with Crippen LogP contribution in [0.5, 0.6) is 5.75 Å². The molecule has 0 unspecified atom stereocenters. The average Bonchev–Trinajstić information content (AvgIpc) is 2.60. The minimum Gasteiger partial charge on any atom is -0.420 e. The Balaban J connectivity index is 2.30. The molecule has 0 spiro atoms. The summed E-state index contributed by atoms with van der Waals surface area (Å²) in [7, 11) is 0. The van der Waals surface area contributed by atoms with Gasteiger partial charge >= 0.3 is 5.97 Å². The van der Waals surface area contributed by atoms with E-state index in [1.165, 1.54) is 0 Å². The molecule has 1 rings (SSSR count). The SMILES string of the molecule is CC(C)OCCOCCOCCC(=O)Oc1c(F)c(F)c(F)c(F)c1F. The Morgan fingerprint density at radius 1 is 0.769 bits per heavy atom. The highest BCUT2D eigenvalue weighted by Gasteiger charge is 2.28. The molecule has 0 aromatic heterocycles. The van der Waals surface area contributed by atoms with Crippen molar-refractivity contribution < 1.29 is 45.7 Å². The quantitative estimate of drug-likeness (QED) is 0.146. The third-order valence-corrected chi connectivity index (χ3v) is 2.89. The Labute approximate surface area is 147 Å². The van der Waals surface area contributed by atoms with Gasteiger partial charge in [-0.2, -0.15) is 8.78 Å². The van der Waals surface area contributed by atoms with Gasteiger partial charge in [0.1, 0.15) is 0 Å². The lowest BCUT2D eigenvalue weighted by Crippen LogP contribution is -2.16. The van der Waals surface area contributed by atoms with Crippen LogP contribution in [0.15, 0.2) is 0 Å². The topological polar surface area (TPSA) is 54.0 Å². The summed E-state index contributed by atoms with van der Waals surface area (Å²) in [6.45, 7) is 4.74. The predicted octanol–water partition coefficient (Wildman–Crippen LogP) is 3.14. The van der Waals surface area contributed by atoms with Crippen molar-refractivity contribution in [3.05, 3.63) is 29.1 Å². The normalized spacial score (nSPS) is 11.2. The number of hydrogen-bond donors (Lipinski definition) is 0. The number of carbonyl (C=O) groups excluding carboxylic acids is 1. The van der Waals surface area contributed by atoms with Crippen LogP contribution in [0, 0.1) is 29.1 Å². The van der Waals surface area contributed by atoms with Gasteiger partial charge in [-0.1, -0.05) is 0 Å². The van der Waals surface area contributed by atoms with E-state index in [2.05, 4.69) is 4.74 Å². The number of rotatable bonds is 11.